The molecule has 1 unspecified atom stereocenters. The summed E-state index contributed by atoms with van der Waals surface area (Å²) in [5.74, 6) is 0.672. The van der Waals surface area contributed by atoms with Gasteiger partial charge in [0.05, 0.1) is 35.0 Å². The minimum atomic E-state index is -0.295. The van der Waals surface area contributed by atoms with Crippen LogP contribution in [0.1, 0.15) is 12.7 Å². The van der Waals surface area contributed by atoms with Crippen LogP contribution in [0.15, 0.2) is 57.0 Å². The molecule has 5 nitrogen and oxygen atoms in total. The molecule has 0 N–H and O–H groups in total. The molecule has 0 saturated heterocycles. The Morgan fingerprint density at radius 2 is 2.18 bits per heavy atom. The molecule has 110 valence electrons. The maximum atomic E-state index is 12.7. The maximum absolute atomic E-state index is 12.7. The number of fused-ring (bicyclic) bond motifs is 1. The fraction of sp³-hybridized carbons (Fsp3) is 0.188. The van der Waals surface area contributed by atoms with Crippen LogP contribution in [0.4, 0.5) is 0 Å². The molecule has 6 heteroatoms. The van der Waals surface area contributed by atoms with Crippen LogP contribution >= 0.6 is 11.8 Å². The Kier molecular flexibility index (Phi) is 3.98. The lowest BCUT2D eigenvalue weighted by molar-refractivity contribution is 0.476. The number of hydrogen-bond donors (Lipinski definition) is 0. The zero-order valence-electron chi connectivity index (χ0n) is 11.9. The van der Waals surface area contributed by atoms with Gasteiger partial charge in [0.25, 0.3) is 5.56 Å². The van der Waals surface area contributed by atoms with Gasteiger partial charge in [0.2, 0.25) is 0 Å². The fourth-order valence-corrected chi connectivity index (χ4v) is 2.91. The third-order valence-electron chi connectivity index (χ3n) is 3.18. The summed E-state index contributed by atoms with van der Waals surface area (Å²) in [6.45, 7) is 2.08. The van der Waals surface area contributed by atoms with E-state index in [1.54, 1.807) is 36.0 Å². The van der Waals surface area contributed by atoms with Gasteiger partial charge in [0.1, 0.15) is 5.76 Å². The van der Waals surface area contributed by atoms with E-state index in [1.807, 2.05) is 18.2 Å². The van der Waals surface area contributed by atoms with E-state index in [0.29, 0.717) is 28.4 Å². The normalized spacial score (nSPS) is 12.2. The van der Waals surface area contributed by atoms with E-state index in [4.69, 9.17) is 9.68 Å². The van der Waals surface area contributed by atoms with Crippen LogP contribution in [0.3, 0.4) is 0 Å². The fourth-order valence-electron chi connectivity index (χ4n) is 2.12. The van der Waals surface area contributed by atoms with E-state index in [-0.39, 0.29) is 10.8 Å². The lowest BCUT2D eigenvalue weighted by atomic mass is 10.2. The predicted molar refractivity (Wildman–Crippen MR) is 84.7 cm³/mol. The second kappa shape index (κ2) is 6.08. The Balaban J connectivity index is 2.17. The summed E-state index contributed by atoms with van der Waals surface area (Å²) in [5.41, 5.74) is 0.505. The van der Waals surface area contributed by atoms with E-state index in [2.05, 4.69) is 11.1 Å². The van der Waals surface area contributed by atoms with Crippen molar-refractivity contribution < 1.29 is 4.42 Å². The third kappa shape index (κ3) is 2.76. The molecule has 0 spiro atoms. The molecule has 1 aromatic carbocycles. The van der Waals surface area contributed by atoms with Crippen LogP contribution in [-0.4, -0.2) is 14.8 Å². The van der Waals surface area contributed by atoms with E-state index < -0.39 is 0 Å². The lowest BCUT2D eigenvalue weighted by Crippen LogP contribution is -2.24. The third-order valence-corrected chi connectivity index (χ3v) is 4.17. The first-order valence-electron chi connectivity index (χ1n) is 6.77. The van der Waals surface area contributed by atoms with Gasteiger partial charge in [0.15, 0.2) is 5.16 Å². The quantitative estimate of drug-likeness (QED) is 0.547. The number of furan rings is 1. The van der Waals surface area contributed by atoms with Crippen molar-refractivity contribution in [1.82, 2.24) is 9.55 Å². The molecule has 1 atom stereocenters. The van der Waals surface area contributed by atoms with Gasteiger partial charge in [-0.15, -0.1) is 0 Å². The molecular weight excluding hydrogens is 298 g/mol. The summed E-state index contributed by atoms with van der Waals surface area (Å²) in [5, 5.41) is 9.81. The molecule has 22 heavy (non-hydrogen) atoms. The Labute approximate surface area is 131 Å². The predicted octanol–water partition coefficient (Wildman–Crippen LogP) is 3.04. The Morgan fingerprint density at radius 1 is 1.36 bits per heavy atom. The lowest BCUT2D eigenvalue weighted by Gasteiger charge is -2.12. The van der Waals surface area contributed by atoms with E-state index in [1.165, 1.54) is 11.8 Å². The number of hydrogen-bond acceptors (Lipinski definition) is 5. The summed E-state index contributed by atoms with van der Waals surface area (Å²) in [6, 6.07) is 12.9. The van der Waals surface area contributed by atoms with Gasteiger partial charge in [-0.3, -0.25) is 9.36 Å². The molecule has 0 saturated carbocycles. The van der Waals surface area contributed by atoms with Crippen LogP contribution in [0, 0.1) is 11.3 Å². The topological polar surface area (TPSA) is 71.8 Å². The van der Waals surface area contributed by atoms with Crippen molar-refractivity contribution in [3.8, 4) is 6.07 Å². The Morgan fingerprint density at radius 3 is 2.91 bits per heavy atom. The Hall–Kier alpha value is -2.52. The molecule has 3 rings (SSSR count). The number of nitrogens with zero attached hydrogens (tertiary/aromatic N) is 3. The van der Waals surface area contributed by atoms with Gasteiger partial charge < -0.3 is 4.42 Å². The zero-order chi connectivity index (χ0) is 15.5. The number of benzene rings is 1. The largest absolute Gasteiger partial charge is 0.467 e. The smallest absolute Gasteiger partial charge is 0.262 e. The highest BCUT2D eigenvalue weighted by molar-refractivity contribution is 8.00. The van der Waals surface area contributed by atoms with Crippen LogP contribution in [0.25, 0.3) is 10.9 Å². The van der Waals surface area contributed by atoms with E-state index >= 15 is 0 Å². The van der Waals surface area contributed by atoms with Gasteiger partial charge in [0, 0.05) is 0 Å². The standard InChI is InChI=1S/C16H13N3O2S/c1-11(9-17)22-16-18-14-7-3-2-6-13(14)15(20)19(16)10-12-5-4-8-21-12/h2-8,11H,10H2,1H3. The zero-order valence-corrected chi connectivity index (χ0v) is 12.7. The van der Waals surface area contributed by atoms with Crippen molar-refractivity contribution in [2.75, 3.05) is 0 Å². The van der Waals surface area contributed by atoms with Crippen LogP contribution < -0.4 is 5.56 Å². The number of nitriles is 1. The van der Waals surface area contributed by atoms with Gasteiger partial charge in [-0.1, -0.05) is 23.9 Å². The second-order valence-corrected chi connectivity index (χ2v) is 6.08. The highest BCUT2D eigenvalue weighted by Gasteiger charge is 2.15. The van der Waals surface area contributed by atoms with Crippen molar-refractivity contribution in [2.45, 2.75) is 23.9 Å². The molecule has 3 aromatic rings. The summed E-state index contributed by atoms with van der Waals surface area (Å²) < 4.78 is 6.88. The molecule has 0 bridgehead atoms. The minimum Gasteiger partial charge on any atom is -0.467 e. The van der Waals surface area contributed by atoms with Crippen LogP contribution in [0.5, 0.6) is 0 Å². The number of aromatic nitrogens is 2. The van der Waals surface area contributed by atoms with E-state index in [9.17, 15) is 4.79 Å². The number of para-hydroxylation sites is 1. The average Bonchev–Trinajstić information content (AvgIpc) is 3.04. The van der Waals surface area contributed by atoms with Crippen LogP contribution in [0.2, 0.25) is 0 Å². The van der Waals surface area contributed by atoms with Crippen molar-refractivity contribution in [3.63, 3.8) is 0 Å². The summed E-state index contributed by atoms with van der Waals surface area (Å²) in [6.07, 6.45) is 1.57. The molecule has 0 aliphatic heterocycles. The molecule has 2 heterocycles. The molecule has 0 fully saturated rings. The van der Waals surface area contributed by atoms with Gasteiger partial charge in [-0.05, 0) is 31.2 Å². The molecular formula is C16H13N3O2S. The monoisotopic (exact) mass is 311 g/mol. The van der Waals surface area contributed by atoms with E-state index in [0.717, 1.165) is 0 Å². The SMILES string of the molecule is CC(C#N)Sc1nc2ccccc2c(=O)n1Cc1ccco1. The van der Waals surface area contributed by atoms with Gasteiger partial charge >= 0.3 is 0 Å². The summed E-state index contributed by atoms with van der Waals surface area (Å²) in [7, 11) is 0. The Bertz CT molecular complexity index is 894. The van der Waals surface area contributed by atoms with Crippen molar-refractivity contribution >= 4 is 22.7 Å². The molecule has 0 aliphatic carbocycles. The first-order chi connectivity index (χ1) is 10.7. The molecule has 0 amide bonds. The maximum Gasteiger partial charge on any atom is 0.262 e. The second-order valence-electron chi connectivity index (χ2n) is 4.77. The van der Waals surface area contributed by atoms with Crippen molar-refractivity contribution in [1.29, 1.82) is 5.26 Å². The summed E-state index contributed by atoms with van der Waals surface area (Å²) in [4.78, 5) is 17.3. The number of rotatable bonds is 4. The summed E-state index contributed by atoms with van der Waals surface area (Å²) >= 11 is 1.27. The first kappa shape index (κ1) is 14.4. The molecule has 2 aromatic heterocycles. The average molecular weight is 311 g/mol. The van der Waals surface area contributed by atoms with Crippen LogP contribution in [-0.2, 0) is 6.54 Å². The highest BCUT2D eigenvalue weighted by atomic mass is 32.2. The van der Waals surface area contributed by atoms with Gasteiger partial charge in [-0.25, -0.2) is 4.98 Å². The number of thioether (sulfide) groups is 1. The minimum absolute atomic E-state index is 0.130. The van der Waals surface area contributed by atoms with Crippen molar-refractivity contribution in [2.24, 2.45) is 0 Å². The highest BCUT2D eigenvalue weighted by Crippen LogP contribution is 2.22. The molecule has 0 aliphatic rings. The van der Waals surface area contributed by atoms with Crippen molar-refractivity contribution in [3.05, 3.63) is 58.8 Å². The van der Waals surface area contributed by atoms with Gasteiger partial charge in [-0.2, -0.15) is 5.26 Å². The molecule has 0 radical (unpaired) electrons. The first-order valence-corrected chi connectivity index (χ1v) is 7.65.